The van der Waals surface area contributed by atoms with Crippen molar-refractivity contribution in [2.45, 2.75) is 13.3 Å². The smallest absolute Gasteiger partial charge is 0.228 e. The minimum Gasteiger partial charge on any atom is -0.452 e. The molecule has 5 heteroatoms. The summed E-state index contributed by atoms with van der Waals surface area (Å²) in [6, 6.07) is 21.6. The highest BCUT2D eigenvalue weighted by molar-refractivity contribution is 6.30. The van der Waals surface area contributed by atoms with Crippen LogP contribution in [0.25, 0.3) is 11.0 Å². The Kier molecular flexibility index (Phi) is 5.19. The molecule has 29 heavy (non-hydrogen) atoms. The second-order valence-electron chi connectivity index (χ2n) is 6.81. The molecule has 0 radical (unpaired) electrons. The van der Waals surface area contributed by atoms with Gasteiger partial charge in [0.15, 0.2) is 5.76 Å². The van der Waals surface area contributed by atoms with Crippen molar-refractivity contribution in [3.63, 3.8) is 0 Å². The van der Waals surface area contributed by atoms with E-state index in [0.717, 1.165) is 16.5 Å². The Bertz CT molecular complexity index is 1190. The van der Waals surface area contributed by atoms with Gasteiger partial charge in [0.05, 0.1) is 6.42 Å². The van der Waals surface area contributed by atoms with Gasteiger partial charge in [0.25, 0.3) is 0 Å². The number of carbonyl (C=O) groups is 2. The number of fused-ring (bicyclic) bond motifs is 1. The molecular weight excluding hydrogens is 386 g/mol. The monoisotopic (exact) mass is 403 g/mol. The molecule has 1 amide bonds. The van der Waals surface area contributed by atoms with E-state index in [1.807, 2.05) is 43.3 Å². The van der Waals surface area contributed by atoms with Gasteiger partial charge in [-0.25, -0.2) is 0 Å². The third-order valence-corrected chi connectivity index (χ3v) is 4.99. The summed E-state index contributed by atoms with van der Waals surface area (Å²) in [6.45, 7) is 1.84. The van der Waals surface area contributed by atoms with Crippen LogP contribution in [0.5, 0.6) is 0 Å². The van der Waals surface area contributed by atoms with E-state index < -0.39 is 0 Å². The Labute approximate surface area is 173 Å². The number of halogens is 1. The van der Waals surface area contributed by atoms with E-state index in [4.69, 9.17) is 16.0 Å². The largest absolute Gasteiger partial charge is 0.452 e. The fraction of sp³-hybridized carbons (Fsp3) is 0.0833. The molecule has 4 aromatic rings. The van der Waals surface area contributed by atoms with Crippen LogP contribution >= 0.6 is 11.6 Å². The summed E-state index contributed by atoms with van der Waals surface area (Å²) >= 11 is 5.90. The normalized spacial score (nSPS) is 10.8. The Morgan fingerprint density at radius 3 is 2.41 bits per heavy atom. The van der Waals surface area contributed by atoms with Crippen LogP contribution in [0.15, 0.2) is 77.2 Å². The van der Waals surface area contributed by atoms with Gasteiger partial charge in [-0.3, -0.25) is 9.59 Å². The van der Waals surface area contributed by atoms with Crippen LogP contribution in [0.4, 0.5) is 5.69 Å². The van der Waals surface area contributed by atoms with Gasteiger partial charge in [-0.1, -0.05) is 41.9 Å². The number of anilines is 1. The van der Waals surface area contributed by atoms with E-state index in [-0.39, 0.29) is 17.5 Å². The second-order valence-corrected chi connectivity index (χ2v) is 7.25. The highest BCUT2D eigenvalue weighted by Gasteiger charge is 2.19. The van der Waals surface area contributed by atoms with Gasteiger partial charge < -0.3 is 9.73 Å². The molecule has 3 aromatic carbocycles. The van der Waals surface area contributed by atoms with Crippen LogP contribution in [0.1, 0.15) is 27.2 Å². The maximum Gasteiger partial charge on any atom is 0.228 e. The van der Waals surface area contributed by atoms with E-state index in [1.165, 1.54) is 0 Å². The molecule has 0 aliphatic heterocycles. The summed E-state index contributed by atoms with van der Waals surface area (Å²) < 4.78 is 5.81. The van der Waals surface area contributed by atoms with Gasteiger partial charge in [0.2, 0.25) is 11.7 Å². The van der Waals surface area contributed by atoms with Crippen LogP contribution in [-0.4, -0.2) is 11.7 Å². The lowest BCUT2D eigenvalue weighted by molar-refractivity contribution is -0.115. The zero-order chi connectivity index (χ0) is 20.4. The number of benzene rings is 3. The molecule has 0 fully saturated rings. The number of nitrogens with one attached hydrogen (secondary N) is 1. The number of hydrogen-bond donors (Lipinski definition) is 1. The fourth-order valence-electron chi connectivity index (χ4n) is 3.23. The Morgan fingerprint density at radius 1 is 0.966 bits per heavy atom. The van der Waals surface area contributed by atoms with Gasteiger partial charge in [0.1, 0.15) is 5.58 Å². The molecule has 0 bridgehead atoms. The SMILES string of the molecule is Cc1c(C(=O)c2ccc(Cl)cc2)oc2ccc(NC(=O)Cc3ccccc3)cc12. The average molecular weight is 404 g/mol. The molecule has 1 N–H and O–H groups in total. The molecule has 0 saturated heterocycles. The molecule has 4 rings (SSSR count). The van der Waals surface area contributed by atoms with E-state index in [1.54, 1.807) is 36.4 Å². The summed E-state index contributed by atoms with van der Waals surface area (Å²) in [5.41, 5.74) is 3.45. The van der Waals surface area contributed by atoms with Crippen molar-refractivity contribution in [2.24, 2.45) is 0 Å². The third-order valence-electron chi connectivity index (χ3n) is 4.74. The number of furan rings is 1. The highest BCUT2D eigenvalue weighted by Crippen LogP contribution is 2.29. The molecule has 4 nitrogen and oxygen atoms in total. The maximum absolute atomic E-state index is 12.8. The van der Waals surface area contributed by atoms with Gasteiger partial charge in [-0.15, -0.1) is 0 Å². The van der Waals surface area contributed by atoms with Crippen molar-refractivity contribution in [2.75, 3.05) is 5.32 Å². The predicted molar refractivity (Wildman–Crippen MR) is 115 cm³/mol. The van der Waals surface area contributed by atoms with Crippen molar-refractivity contribution >= 4 is 39.9 Å². The van der Waals surface area contributed by atoms with Crippen LogP contribution < -0.4 is 5.32 Å². The molecule has 0 aliphatic carbocycles. The van der Waals surface area contributed by atoms with Crippen molar-refractivity contribution in [1.29, 1.82) is 0 Å². The molecule has 0 aliphatic rings. The molecule has 0 saturated carbocycles. The van der Waals surface area contributed by atoms with E-state index in [2.05, 4.69) is 5.32 Å². The summed E-state index contributed by atoms with van der Waals surface area (Å²) in [4.78, 5) is 25.1. The number of amides is 1. The quantitative estimate of drug-likeness (QED) is 0.428. The topological polar surface area (TPSA) is 59.3 Å². The van der Waals surface area contributed by atoms with Crippen LogP contribution in [-0.2, 0) is 11.2 Å². The first-order chi connectivity index (χ1) is 14.0. The van der Waals surface area contributed by atoms with Gasteiger partial charge in [-0.2, -0.15) is 0 Å². The highest BCUT2D eigenvalue weighted by atomic mass is 35.5. The summed E-state index contributed by atoms with van der Waals surface area (Å²) in [5.74, 6) is -0.0192. The summed E-state index contributed by atoms with van der Waals surface area (Å²) in [5, 5.41) is 4.27. The Morgan fingerprint density at radius 2 is 1.69 bits per heavy atom. The lowest BCUT2D eigenvalue weighted by atomic mass is 10.0. The number of carbonyl (C=O) groups excluding carboxylic acids is 2. The molecular formula is C24H18ClNO3. The zero-order valence-corrected chi connectivity index (χ0v) is 16.5. The number of rotatable bonds is 5. The third kappa shape index (κ3) is 4.08. The Hall–Kier alpha value is -3.37. The lowest BCUT2D eigenvalue weighted by Crippen LogP contribution is -2.14. The lowest BCUT2D eigenvalue weighted by Gasteiger charge is -2.05. The van der Waals surface area contributed by atoms with Gasteiger partial charge in [-0.05, 0) is 55.0 Å². The zero-order valence-electron chi connectivity index (χ0n) is 15.7. The summed E-state index contributed by atoms with van der Waals surface area (Å²) in [7, 11) is 0. The molecule has 0 unspecified atom stereocenters. The minimum atomic E-state index is -0.204. The van der Waals surface area contributed by atoms with Crippen molar-refractivity contribution in [3.8, 4) is 0 Å². The van der Waals surface area contributed by atoms with Crippen LogP contribution in [0.2, 0.25) is 5.02 Å². The van der Waals surface area contributed by atoms with Crippen molar-refractivity contribution < 1.29 is 14.0 Å². The fourth-order valence-corrected chi connectivity index (χ4v) is 3.36. The number of ketones is 1. The first kappa shape index (κ1) is 19.0. The first-order valence-corrected chi connectivity index (χ1v) is 9.56. The van der Waals surface area contributed by atoms with Gasteiger partial charge >= 0.3 is 0 Å². The first-order valence-electron chi connectivity index (χ1n) is 9.18. The maximum atomic E-state index is 12.8. The van der Waals surface area contributed by atoms with E-state index >= 15 is 0 Å². The number of aryl methyl sites for hydroxylation is 1. The Balaban J connectivity index is 1.58. The predicted octanol–water partition coefficient (Wildman–Crippen LogP) is 5.81. The number of hydrogen-bond acceptors (Lipinski definition) is 3. The molecule has 0 atom stereocenters. The standard InChI is InChI=1S/C24H18ClNO3/c1-15-20-14-19(26-22(27)13-16-5-3-2-4-6-16)11-12-21(20)29-24(15)23(28)17-7-9-18(25)10-8-17/h2-12,14H,13H2,1H3,(H,26,27). The van der Waals surface area contributed by atoms with Crippen molar-refractivity contribution in [1.82, 2.24) is 0 Å². The molecule has 1 aromatic heterocycles. The summed E-state index contributed by atoms with van der Waals surface area (Å²) in [6.07, 6.45) is 0.295. The van der Waals surface area contributed by atoms with Crippen LogP contribution in [0.3, 0.4) is 0 Å². The van der Waals surface area contributed by atoms with E-state index in [0.29, 0.717) is 28.3 Å². The van der Waals surface area contributed by atoms with Crippen LogP contribution in [0, 0.1) is 6.92 Å². The molecule has 144 valence electrons. The second kappa shape index (κ2) is 7.94. The van der Waals surface area contributed by atoms with Crippen molar-refractivity contribution in [3.05, 3.63) is 100 Å². The minimum absolute atomic E-state index is 0.103. The average Bonchev–Trinajstić information content (AvgIpc) is 3.05. The van der Waals surface area contributed by atoms with Gasteiger partial charge in [0, 0.05) is 27.2 Å². The molecule has 0 spiro atoms. The van der Waals surface area contributed by atoms with E-state index in [9.17, 15) is 9.59 Å². The molecule has 1 heterocycles.